The summed E-state index contributed by atoms with van der Waals surface area (Å²) in [7, 11) is 0. The summed E-state index contributed by atoms with van der Waals surface area (Å²) in [6.07, 6.45) is 0.0883. The summed E-state index contributed by atoms with van der Waals surface area (Å²) in [4.78, 5) is 29.4. The Labute approximate surface area is 138 Å². The molecule has 1 amide bonds. The Kier molecular flexibility index (Phi) is 3.30. The molecule has 6 nitrogen and oxygen atoms in total. The number of para-hydroxylation sites is 2. The summed E-state index contributed by atoms with van der Waals surface area (Å²) in [6, 6.07) is 14.3. The first-order valence-electron chi connectivity index (χ1n) is 7.76. The van der Waals surface area contributed by atoms with E-state index in [1.54, 1.807) is 0 Å². The van der Waals surface area contributed by atoms with E-state index in [9.17, 15) is 9.59 Å². The predicted molar refractivity (Wildman–Crippen MR) is 92.2 cm³/mol. The second kappa shape index (κ2) is 5.49. The van der Waals surface area contributed by atoms with Crippen molar-refractivity contribution in [1.82, 2.24) is 9.55 Å². The van der Waals surface area contributed by atoms with Crippen molar-refractivity contribution in [2.75, 3.05) is 10.6 Å². The molecule has 3 aromatic rings. The van der Waals surface area contributed by atoms with Gasteiger partial charge in [-0.05, 0) is 36.8 Å². The number of benzene rings is 2. The van der Waals surface area contributed by atoms with Crippen molar-refractivity contribution >= 4 is 34.5 Å². The van der Waals surface area contributed by atoms with Crippen LogP contribution in [0, 0.1) is 6.92 Å². The van der Waals surface area contributed by atoms with Crippen molar-refractivity contribution in [3.63, 3.8) is 0 Å². The molecule has 0 spiro atoms. The van der Waals surface area contributed by atoms with Crippen LogP contribution in [-0.4, -0.2) is 27.4 Å². The molecular weight excluding hydrogens is 304 g/mol. The largest absolute Gasteiger partial charge is 0.343 e. The molecule has 0 bridgehead atoms. The summed E-state index contributed by atoms with van der Waals surface area (Å²) in [5.41, 5.74) is 3.26. The molecule has 2 N–H and O–H groups in total. The fourth-order valence-corrected chi connectivity index (χ4v) is 2.96. The SMILES string of the molecule is Cc1cccc(NC(=O)[C@@H]2CC(=O)n3c(nc4ccccc43)N2)c1. The van der Waals surface area contributed by atoms with Gasteiger partial charge >= 0.3 is 0 Å². The summed E-state index contributed by atoms with van der Waals surface area (Å²) in [5.74, 6) is 0.0333. The van der Waals surface area contributed by atoms with E-state index in [4.69, 9.17) is 0 Å². The number of fused-ring (bicyclic) bond motifs is 3. The van der Waals surface area contributed by atoms with Gasteiger partial charge in [0.1, 0.15) is 6.04 Å². The molecule has 1 aliphatic rings. The second-order valence-corrected chi connectivity index (χ2v) is 5.91. The molecule has 2 aromatic carbocycles. The van der Waals surface area contributed by atoms with Crippen molar-refractivity contribution in [2.24, 2.45) is 0 Å². The van der Waals surface area contributed by atoms with Gasteiger partial charge in [0.05, 0.1) is 17.5 Å². The van der Waals surface area contributed by atoms with Crippen LogP contribution >= 0.6 is 0 Å². The number of imidazole rings is 1. The van der Waals surface area contributed by atoms with Crippen LogP contribution in [0.4, 0.5) is 11.6 Å². The van der Waals surface area contributed by atoms with Crippen LogP contribution < -0.4 is 10.6 Å². The third-order valence-corrected chi connectivity index (χ3v) is 4.09. The molecule has 120 valence electrons. The van der Waals surface area contributed by atoms with E-state index < -0.39 is 6.04 Å². The van der Waals surface area contributed by atoms with Gasteiger partial charge < -0.3 is 10.6 Å². The molecule has 0 fully saturated rings. The molecule has 2 heterocycles. The lowest BCUT2D eigenvalue weighted by Gasteiger charge is -2.23. The second-order valence-electron chi connectivity index (χ2n) is 5.91. The highest BCUT2D eigenvalue weighted by Crippen LogP contribution is 2.25. The van der Waals surface area contributed by atoms with E-state index >= 15 is 0 Å². The zero-order valence-electron chi connectivity index (χ0n) is 13.1. The molecule has 24 heavy (non-hydrogen) atoms. The number of hydrogen-bond acceptors (Lipinski definition) is 4. The summed E-state index contributed by atoms with van der Waals surface area (Å²) in [6.45, 7) is 1.96. The lowest BCUT2D eigenvalue weighted by molar-refractivity contribution is -0.117. The Bertz CT molecular complexity index is 961. The lowest BCUT2D eigenvalue weighted by Crippen LogP contribution is -2.42. The first-order valence-corrected chi connectivity index (χ1v) is 7.76. The van der Waals surface area contributed by atoms with Gasteiger partial charge in [-0.3, -0.25) is 9.59 Å². The van der Waals surface area contributed by atoms with Gasteiger partial charge in [0, 0.05) is 5.69 Å². The maximum atomic E-state index is 12.5. The van der Waals surface area contributed by atoms with Crippen LogP contribution in [0.1, 0.15) is 16.8 Å². The van der Waals surface area contributed by atoms with E-state index in [0.29, 0.717) is 11.6 Å². The molecule has 0 unspecified atom stereocenters. The third-order valence-electron chi connectivity index (χ3n) is 4.09. The monoisotopic (exact) mass is 320 g/mol. The molecule has 0 saturated carbocycles. The summed E-state index contributed by atoms with van der Waals surface area (Å²) < 4.78 is 1.53. The Hall–Kier alpha value is -3.15. The lowest BCUT2D eigenvalue weighted by atomic mass is 10.1. The normalized spacial score (nSPS) is 16.5. The number of aromatic nitrogens is 2. The van der Waals surface area contributed by atoms with Gasteiger partial charge in [-0.2, -0.15) is 0 Å². The number of amides is 1. The number of aryl methyl sites for hydroxylation is 1. The van der Waals surface area contributed by atoms with Gasteiger partial charge in [0.25, 0.3) is 0 Å². The number of rotatable bonds is 2. The average molecular weight is 320 g/mol. The smallest absolute Gasteiger partial charge is 0.247 e. The van der Waals surface area contributed by atoms with Gasteiger partial charge in [-0.25, -0.2) is 9.55 Å². The highest BCUT2D eigenvalue weighted by molar-refractivity contribution is 6.04. The van der Waals surface area contributed by atoms with Crippen LogP contribution in [0.2, 0.25) is 0 Å². The first-order chi connectivity index (χ1) is 11.6. The minimum absolute atomic E-state index is 0.0883. The minimum atomic E-state index is -0.637. The van der Waals surface area contributed by atoms with E-state index in [-0.39, 0.29) is 18.2 Å². The highest BCUT2D eigenvalue weighted by Gasteiger charge is 2.31. The molecule has 1 aliphatic heterocycles. The number of hydrogen-bond donors (Lipinski definition) is 2. The van der Waals surface area contributed by atoms with Crippen LogP contribution in [0.5, 0.6) is 0 Å². The molecule has 0 aliphatic carbocycles. The van der Waals surface area contributed by atoms with Crippen molar-refractivity contribution in [2.45, 2.75) is 19.4 Å². The predicted octanol–water partition coefficient (Wildman–Crippen LogP) is 2.81. The van der Waals surface area contributed by atoms with Gasteiger partial charge in [-0.1, -0.05) is 24.3 Å². The Morgan fingerprint density at radius 2 is 2.08 bits per heavy atom. The zero-order valence-corrected chi connectivity index (χ0v) is 13.1. The van der Waals surface area contributed by atoms with E-state index in [1.807, 2.05) is 55.5 Å². The van der Waals surface area contributed by atoms with E-state index in [0.717, 1.165) is 16.6 Å². The number of carbonyl (C=O) groups excluding carboxylic acids is 2. The van der Waals surface area contributed by atoms with Crippen molar-refractivity contribution in [3.8, 4) is 0 Å². The van der Waals surface area contributed by atoms with Crippen LogP contribution in [0.3, 0.4) is 0 Å². The number of nitrogens with one attached hydrogen (secondary N) is 2. The summed E-state index contributed by atoms with van der Waals surface area (Å²) >= 11 is 0. The Morgan fingerprint density at radius 3 is 2.92 bits per heavy atom. The Morgan fingerprint density at radius 1 is 1.25 bits per heavy atom. The van der Waals surface area contributed by atoms with Crippen LogP contribution in [-0.2, 0) is 4.79 Å². The average Bonchev–Trinajstić information content (AvgIpc) is 2.93. The summed E-state index contributed by atoms with van der Waals surface area (Å²) in [5, 5.41) is 5.92. The van der Waals surface area contributed by atoms with Crippen LogP contribution in [0.15, 0.2) is 48.5 Å². The topological polar surface area (TPSA) is 76.0 Å². The third kappa shape index (κ3) is 2.42. The van der Waals surface area contributed by atoms with E-state index in [1.165, 1.54) is 4.57 Å². The van der Waals surface area contributed by atoms with Gasteiger partial charge in [-0.15, -0.1) is 0 Å². The fraction of sp³-hybridized carbons (Fsp3) is 0.167. The molecule has 1 atom stereocenters. The van der Waals surface area contributed by atoms with Crippen molar-refractivity contribution in [3.05, 3.63) is 54.1 Å². The number of carbonyl (C=O) groups is 2. The van der Waals surface area contributed by atoms with Crippen molar-refractivity contribution < 1.29 is 9.59 Å². The molecule has 1 aromatic heterocycles. The molecule has 6 heteroatoms. The minimum Gasteiger partial charge on any atom is -0.343 e. The maximum Gasteiger partial charge on any atom is 0.247 e. The number of nitrogens with zero attached hydrogens (tertiary/aromatic N) is 2. The quantitative estimate of drug-likeness (QED) is 0.761. The fourth-order valence-electron chi connectivity index (χ4n) is 2.96. The van der Waals surface area contributed by atoms with Crippen molar-refractivity contribution in [1.29, 1.82) is 0 Å². The van der Waals surface area contributed by atoms with Crippen LogP contribution in [0.25, 0.3) is 11.0 Å². The first kappa shape index (κ1) is 14.4. The Balaban J connectivity index is 1.60. The maximum absolute atomic E-state index is 12.5. The molecular formula is C18H16N4O2. The van der Waals surface area contributed by atoms with Gasteiger partial charge in [0.15, 0.2) is 0 Å². The standard InChI is InChI=1S/C18H16N4O2/c1-11-5-4-6-12(9-11)19-17(24)14-10-16(23)22-15-8-3-2-7-13(15)20-18(22)21-14/h2-9,14H,10H2,1H3,(H,19,24)(H,20,21)/t14-/m0/s1. The zero-order chi connectivity index (χ0) is 16.7. The van der Waals surface area contributed by atoms with E-state index in [2.05, 4.69) is 15.6 Å². The molecule has 0 saturated heterocycles. The van der Waals surface area contributed by atoms with Gasteiger partial charge in [0.2, 0.25) is 17.8 Å². The number of anilines is 2. The highest BCUT2D eigenvalue weighted by atomic mass is 16.2. The molecule has 0 radical (unpaired) electrons. The molecule has 4 rings (SSSR count).